The summed E-state index contributed by atoms with van der Waals surface area (Å²) in [7, 11) is 0. The number of anilines is 1. The Morgan fingerprint density at radius 3 is 2.93 bits per heavy atom. The second-order valence-corrected chi connectivity index (χ2v) is 3.60. The molecular formula is C13H18N2. The maximum atomic E-state index is 8.38. The van der Waals surface area contributed by atoms with E-state index in [2.05, 4.69) is 42.6 Å². The van der Waals surface area contributed by atoms with Crippen LogP contribution in [0.1, 0.15) is 31.7 Å². The lowest BCUT2D eigenvalue weighted by atomic mass is 10.1. The van der Waals surface area contributed by atoms with Crippen LogP contribution in [0.25, 0.3) is 0 Å². The van der Waals surface area contributed by atoms with Gasteiger partial charge in [-0.05, 0) is 37.0 Å². The van der Waals surface area contributed by atoms with Crippen LogP contribution in [0.2, 0.25) is 0 Å². The Morgan fingerprint density at radius 1 is 1.33 bits per heavy atom. The molecule has 0 saturated carbocycles. The van der Waals surface area contributed by atoms with Gasteiger partial charge in [-0.3, -0.25) is 0 Å². The summed E-state index contributed by atoms with van der Waals surface area (Å²) >= 11 is 0. The summed E-state index contributed by atoms with van der Waals surface area (Å²) in [5, 5.41) is 11.7. The Labute approximate surface area is 91.9 Å². The van der Waals surface area contributed by atoms with Crippen LogP contribution in [0.4, 0.5) is 5.69 Å². The van der Waals surface area contributed by atoms with Crippen LogP contribution in [0.5, 0.6) is 0 Å². The Morgan fingerprint density at radius 2 is 2.20 bits per heavy atom. The maximum Gasteiger partial charge on any atom is 0.0621 e. The van der Waals surface area contributed by atoms with Crippen LogP contribution in [0.15, 0.2) is 24.3 Å². The van der Waals surface area contributed by atoms with Gasteiger partial charge in [0.15, 0.2) is 0 Å². The van der Waals surface area contributed by atoms with E-state index in [9.17, 15) is 0 Å². The van der Waals surface area contributed by atoms with Crippen LogP contribution in [-0.2, 0) is 6.42 Å². The van der Waals surface area contributed by atoms with Crippen molar-refractivity contribution in [1.29, 1.82) is 5.26 Å². The van der Waals surface area contributed by atoms with Crippen molar-refractivity contribution < 1.29 is 0 Å². The first-order valence-electron chi connectivity index (χ1n) is 5.56. The van der Waals surface area contributed by atoms with E-state index in [0.29, 0.717) is 6.42 Å². The molecule has 0 aromatic heterocycles. The molecule has 2 nitrogen and oxygen atoms in total. The van der Waals surface area contributed by atoms with Crippen LogP contribution in [0, 0.1) is 11.3 Å². The van der Waals surface area contributed by atoms with Gasteiger partial charge in [-0.25, -0.2) is 0 Å². The number of hydrogen-bond acceptors (Lipinski definition) is 2. The van der Waals surface area contributed by atoms with E-state index in [0.717, 1.165) is 25.8 Å². The summed E-state index contributed by atoms with van der Waals surface area (Å²) in [5.74, 6) is 0. The van der Waals surface area contributed by atoms with Crippen molar-refractivity contribution in [2.24, 2.45) is 0 Å². The zero-order chi connectivity index (χ0) is 10.9. The highest BCUT2D eigenvalue weighted by Gasteiger charge is 1.93. The van der Waals surface area contributed by atoms with Crippen molar-refractivity contribution in [3.63, 3.8) is 0 Å². The molecule has 0 unspecified atom stereocenters. The lowest BCUT2D eigenvalue weighted by molar-refractivity contribution is 0.784. The van der Waals surface area contributed by atoms with Gasteiger partial charge in [0.1, 0.15) is 0 Å². The van der Waals surface area contributed by atoms with E-state index < -0.39 is 0 Å². The molecule has 0 atom stereocenters. The third-order valence-electron chi connectivity index (χ3n) is 2.38. The normalized spacial score (nSPS) is 9.60. The molecule has 0 radical (unpaired) electrons. The first kappa shape index (κ1) is 11.6. The molecule has 0 saturated heterocycles. The smallest absolute Gasteiger partial charge is 0.0621 e. The van der Waals surface area contributed by atoms with Crippen molar-refractivity contribution in [1.82, 2.24) is 0 Å². The number of unbranched alkanes of at least 4 members (excludes halogenated alkanes) is 2. The SMILES string of the molecule is CCc1cccc(NCCCCC#N)c1. The summed E-state index contributed by atoms with van der Waals surface area (Å²) in [6.07, 6.45) is 3.78. The minimum absolute atomic E-state index is 0.663. The molecule has 0 heterocycles. The Kier molecular flexibility index (Phi) is 5.32. The lowest BCUT2D eigenvalue weighted by Gasteiger charge is -2.06. The summed E-state index contributed by atoms with van der Waals surface area (Å²) in [6, 6.07) is 10.6. The quantitative estimate of drug-likeness (QED) is 0.718. The third kappa shape index (κ3) is 4.51. The molecule has 0 aliphatic carbocycles. The highest BCUT2D eigenvalue weighted by molar-refractivity contribution is 5.45. The van der Waals surface area contributed by atoms with Gasteiger partial charge in [-0.2, -0.15) is 5.26 Å². The summed E-state index contributed by atoms with van der Waals surface area (Å²) in [4.78, 5) is 0. The van der Waals surface area contributed by atoms with Gasteiger partial charge in [0, 0.05) is 18.7 Å². The minimum Gasteiger partial charge on any atom is -0.385 e. The Hall–Kier alpha value is -1.49. The molecular weight excluding hydrogens is 184 g/mol. The van der Waals surface area contributed by atoms with Crippen LogP contribution in [-0.4, -0.2) is 6.54 Å². The fourth-order valence-electron chi connectivity index (χ4n) is 1.46. The first-order chi connectivity index (χ1) is 7.36. The van der Waals surface area contributed by atoms with E-state index in [1.165, 1.54) is 11.3 Å². The number of hydrogen-bond donors (Lipinski definition) is 1. The Bertz CT molecular complexity index is 326. The first-order valence-corrected chi connectivity index (χ1v) is 5.56. The minimum atomic E-state index is 0.663. The van der Waals surface area contributed by atoms with Gasteiger partial charge in [0.25, 0.3) is 0 Å². The topological polar surface area (TPSA) is 35.8 Å². The second kappa shape index (κ2) is 6.89. The molecule has 0 fully saturated rings. The van der Waals surface area contributed by atoms with Crippen molar-refractivity contribution >= 4 is 5.69 Å². The fraction of sp³-hybridized carbons (Fsp3) is 0.462. The number of nitrogens with zero attached hydrogens (tertiary/aromatic N) is 1. The van der Waals surface area contributed by atoms with Crippen LogP contribution in [0.3, 0.4) is 0 Å². The summed E-state index contributed by atoms with van der Waals surface area (Å²) in [6.45, 7) is 3.11. The molecule has 1 rings (SSSR count). The van der Waals surface area contributed by atoms with Gasteiger partial charge < -0.3 is 5.32 Å². The second-order valence-electron chi connectivity index (χ2n) is 3.60. The number of nitriles is 1. The highest BCUT2D eigenvalue weighted by Crippen LogP contribution is 2.11. The van der Waals surface area contributed by atoms with E-state index in [-0.39, 0.29) is 0 Å². The molecule has 0 bridgehead atoms. The van der Waals surface area contributed by atoms with Crippen LogP contribution >= 0.6 is 0 Å². The highest BCUT2D eigenvalue weighted by atomic mass is 14.9. The fourth-order valence-corrected chi connectivity index (χ4v) is 1.46. The Balaban J connectivity index is 2.28. The third-order valence-corrected chi connectivity index (χ3v) is 2.38. The maximum absolute atomic E-state index is 8.38. The zero-order valence-electron chi connectivity index (χ0n) is 9.29. The lowest BCUT2D eigenvalue weighted by Crippen LogP contribution is -2.01. The van der Waals surface area contributed by atoms with Crippen molar-refractivity contribution in [3.8, 4) is 6.07 Å². The number of benzene rings is 1. The molecule has 2 heteroatoms. The molecule has 1 aromatic carbocycles. The monoisotopic (exact) mass is 202 g/mol. The predicted molar refractivity (Wildman–Crippen MR) is 63.8 cm³/mol. The van der Waals surface area contributed by atoms with E-state index in [1.807, 2.05) is 0 Å². The number of nitrogens with one attached hydrogen (secondary N) is 1. The van der Waals surface area contributed by atoms with Crippen LogP contribution < -0.4 is 5.32 Å². The average Bonchev–Trinajstić information content (AvgIpc) is 2.29. The number of rotatable bonds is 6. The molecule has 80 valence electrons. The van der Waals surface area contributed by atoms with Gasteiger partial charge in [0.2, 0.25) is 0 Å². The van der Waals surface area contributed by atoms with Gasteiger partial charge in [0.05, 0.1) is 6.07 Å². The van der Waals surface area contributed by atoms with E-state index in [1.54, 1.807) is 0 Å². The summed E-state index contributed by atoms with van der Waals surface area (Å²) in [5.41, 5.74) is 2.54. The summed E-state index contributed by atoms with van der Waals surface area (Å²) < 4.78 is 0. The molecule has 15 heavy (non-hydrogen) atoms. The number of aryl methyl sites for hydroxylation is 1. The van der Waals surface area contributed by atoms with Gasteiger partial charge in [-0.15, -0.1) is 0 Å². The molecule has 0 aliphatic rings. The standard InChI is InChI=1S/C13H18N2/c1-2-12-7-6-8-13(11-12)15-10-5-3-4-9-14/h6-8,11,15H,2-5,10H2,1H3. The van der Waals surface area contributed by atoms with Gasteiger partial charge >= 0.3 is 0 Å². The van der Waals surface area contributed by atoms with E-state index >= 15 is 0 Å². The average molecular weight is 202 g/mol. The molecule has 1 aromatic rings. The molecule has 0 aliphatic heterocycles. The van der Waals surface area contributed by atoms with Crippen molar-refractivity contribution in [3.05, 3.63) is 29.8 Å². The predicted octanol–water partition coefficient (Wildman–Crippen LogP) is 3.35. The largest absolute Gasteiger partial charge is 0.385 e. The van der Waals surface area contributed by atoms with Crippen molar-refractivity contribution in [2.75, 3.05) is 11.9 Å². The van der Waals surface area contributed by atoms with Gasteiger partial charge in [-0.1, -0.05) is 19.1 Å². The van der Waals surface area contributed by atoms with Crippen molar-refractivity contribution in [2.45, 2.75) is 32.6 Å². The molecule has 0 spiro atoms. The van der Waals surface area contributed by atoms with E-state index in [4.69, 9.17) is 5.26 Å². The molecule has 0 amide bonds. The zero-order valence-corrected chi connectivity index (χ0v) is 9.29. The molecule has 1 N–H and O–H groups in total.